The van der Waals surface area contributed by atoms with Crippen molar-refractivity contribution in [2.75, 3.05) is 32.8 Å². The summed E-state index contributed by atoms with van der Waals surface area (Å²) in [4.78, 5) is 37.3. The Morgan fingerprint density at radius 1 is 0.673 bits per heavy atom. The minimum absolute atomic E-state index is 0.0260. The molecule has 0 aliphatic carbocycles. The molecule has 2 fully saturated rings. The van der Waals surface area contributed by atoms with Gasteiger partial charge in [0.05, 0.1) is 24.6 Å². The van der Waals surface area contributed by atoms with Crippen LogP contribution in [-0.4, -0.2) is 74.7 Å². The second-order valence-corrected chi connectivity index (χ2v) is 12.9. The highest BCUT2D eigenvalue weighted by molar-refractivity contribution is 7.08. The number of piperidine rings is 1. The number of halogens is 3. The fraction of sp³-hybridized carbons (Fsp3) is 0.243. The number of hydrogen-bond donors (Lipinski definition) is 0. The summed E-state index contributed by atoms with van der Waals surface area (Å²) in [5.41, 5.74) is 2.44. The molecular weight excluding hydrogens is 698 g/mol. The van der Waals surface area contributed by atoms with E-state index in [2.05, 4.69) is 20.3 Å². The summed E-state index contributed by atoms with van der Waals surface area (Å²) in [6.45, 7) is 2.27. The number of ether oxygens (including phenoxy) is 1. The van der Waals surface area contributed by atoms with Crippen molar-refractivity contribution < 1.29 is 36.5 Å². The van der Waals surface area contributed by atoms with Crippen LogP contribution in [0.15, 0.2) is 98.7 Å². The van der Waals surface area contributed by atoms with Gasteiger partial charge in [-0.3, -0.25) is 9.59 Å². The molecule has 0 spiro atoms. The molecule has 2 amide bonds. The van der Waals surface area contributed by atoms with Gasteiger partial charge in [-0.15, -0.1) is 0 Å². The molecule has 3 aromatic carbocycles. The van der Waals surface area contributed by atoms with Crippen molar-refractivity contribution in [2.45, 2.75) is 24.9 Å². The molecule has 8 rings (SSSR count). The Kier molecular flexibility index (Phi) is 10.5. The van der Waals surface area contributed by atoms with Crippen LogP contribution in [-0.2, 0) is 4.74 Å². The second-order valence-electron chi connectivity index (χ2n) is 12.1. The van der Waals surface area contributed by atoms with Gasteiger partial charge >= 0.3 is 0 Å². The highest BCUT2D eigenvalue weighted by Gasteiger charge is 2.31. The summed E-state index contributed by atoms with van der Waals surface area (Å²) < 4.78 is 55.5. The van der Waals surface area contributed by atoms with Gasteiger partial charge in [-0.2, -0.15) is 21.3 Å². The minimum atomic E-state index is -0.565. The molecular formula is C37H31F3N6O5S. The van der Waals surface area contributed by atoms with E-state index in [0.29, 0.717) is 53.9 Å². The molecule has 52 heavy (non-hydrogen) atoms. The molecule has 15 heteroatoms. The molecule has 2 aliphatic heterocycles. The molecule has 11 nitrogen and oxygen atoms in total. The number of hydrogen-bond acceptors (Lipinski definition) is 10. The van der Waals surface area contributed by atoms with Crippen LogP contribution in [0.1, 0.15) is 57.4 Å². The van der Waals surface area contributed by atoms with E-state index >= 15 is 0 Å². The highest BCUT2D eigenvalue weighted by atomic mass is 32.1. The number of morpholine rings is 1. The zero-order chi connectivity index (χ0) is 36.0. The summed E-state index contributed by atoms with van der Waals surface area (Å²) >= 11 is 1.52. The van der Waals surface area contributed by atoms with E-state index in [1.54, 1.807) is 29.2 Å². The maximum Gasteiger partial charge on any atom is 0.257 e. The van der Waals surface area contributed by atoms with Gasteiger partial charge in [-0.1, -0.05) is 10.3 Å². The average molecular weight is 729 g/mol. The monoisotopic (exact) mass is 728 g/mol. The van der Waals surface area contributed by atoms with Gasteiger partial charge in [0.25, 0.3) is 17.7 Å². The Hall–Kier alpha value is -5.67. The van der Waals surface area contributed by atoms with Crippen LogP contribution >= 0.6 is 11.3 Å². The smallest absolute Gasteiger partial charge is 0.257 e. The van der Waals surface area contributed by atoms with Crippen LogP contribution in [0.25, 0.3) is 22.8 Å². The van der Waals surface area contributed by atoms with E-state index < -0.39 is 11.9 Å². The number of nitrogens with zero attached hydrogens (tertiary/aromatic N) is 6. The molecule has 0 saturated carbocycles. The molecule has 2 atom stereocenters. The summed E-state index contributed by atoms with van der Waals surface area (Å²) in [6, 6.07) is 18.9. The van der Waals surface area contributed by atoms with E-state index in [9.17, 15) is 22.8 Å². The lowest BCUT2D eigenvalue weighted by atomic mass is 9.97. The molecule has 5 heterocycles. The summed E-state index contributed by atoms with van der Waals surface area (Å²) in [7, 11) is 0. The lowest BCUT2D eigenvalue weighted by Crippen LogP contribution is -2.42. The van der Waals surface area contributed by atoms with Gasteiger partial charge in [0.1, 0.15) is 17.5 Å². The predicted octanol–water partition coefficient (Wildman–Crippen LogP) is 7.19. The van der Waals surface area contributed by atoms with Gasteiger partial charge in [0.2, 0.25) is 17.5 Å². The Morgan fingerprint density at radius 2 is 1.23 bits per heavy atom. The summed E-state index contributed by atoms with van der Waals surface area (Å²) in [6.07, 6.45) is 1.23. The standard InChI is InChI=1S/C19H15F2N3O3.C18H16FN3O2S/c20-14-5-1-12(2-6-14)17-22-18(27-23-17)16-11-24(9-10-26-16)19(25)13-3-7-15(21)8-4-13;19-15-5-3-12(4-6-15)16-20-17(24-21-16)13-2-1-8-22(10-13)18(23)14-7-9-25-11-14/h1-8,16H,9-11H2;3-7,9,11,13H,1-2,8,10H2/t;13-/m.0/s1. The van der Waals surface area contributed by atoms with Crippen molar-refractivity contribution in [2.24, 2.45) is 0 Å². The molecule has 266 valence electrons. The third kappa shape index (κ3) is 8.11. The Bertz CT molecular complexity index is 2110. The van der Waals surface area contributed by atoms with E-state index in [-0.39, 0.29) is 41.8 Å². The first-order valence-electron chi connectivity index (χ1n) is 16.5. The van der Waals surface area contributed by atoms with Crippen LogP contribution in [0.5, 0.6) is 0 Å². The quantitative estimate of drug-likeness (QED) is 0.175. The van der Waals surface area contributed by atoms with Crippen molar-refractivity contribution in [1.29, 1.82) is 0 Å². The van der Waals surface area contributed by atoms with Crippen LogP contribution in [0, 0.1) is 17.5 Å². The second kappa shape index (κ2) is 15.7. The summed E-state index contributed by atoms with van der Waals surface area (Å²) in [5.74, 6) is 0.324. The van der Waals surface area contributed by atoms with Crippen molar-refractivity contribution in [3.8, 4) is 22.8 Å². The third-order valence-corrected chi connectivity index (χ3v) is 9.32. The number of likely N-dealkylation sites (tertiary alicyclic amines) is 1. The highest BCUT2D eigenvalue weighted by Crippen LogP contribution is 2.29. The molecule has 6 aromatic rings. The molecule has 0 radical (unpaired) electrons. The van der Waals surface area contributed by atoms with Crippen molar-refractivity contribution >= 4 is 23.2 Å². The number of aromatic nitrogens is 4. The SMILES string of the molecule is O=C(c1ccc(F)cc1)N1CCOC(c2nc(-c3ccc(F)cc3)no2)C1.O=C(c1ccsc1)N1CCC[C@H](c2nc(-c3ccc(F)cc3)no2)C1. The first kappa shape index (κ1) is 34.8. The minimum Gasteiger partial charge on any atom is -0.365 e. The summed E-state index contributed by atoms with van der Waals surface area (Å²) in [5, 5.41) is 11.7. The number of carbonyl (C=O) groups excluding carboxylic acids is 2. The number of benzene rings is 3. The number of amides is 2. The number of carbonyl (C=O) groups is 2. The van der Waals surface area contributed by atoms with Gasteiger partial charge in [0.15, 0.2) is 6.10 Å². The molecule has 0 bridgehead atoms. The largest absolute Gasteiger partial charge is 0.365 e. The number of thiophene rings is 1. The fourth-order valence-corrected chi connectivity index (χ4v) is 6.52. The van der Waals surface area contributed by atoms with E-state index in [1.807, 2.05) is 21.7 Å². The van der Waals surface area contributed by atoms with Gasteiger partial charge in [-0.25, -0.2) is 13.2 Å². The Morgan fingerprint density at radius 3 is 1.85 bits per heavy atom. The molecule has 2 saturated heterocycles. The maximum absolute atomic E-state index is 13.0. The zero-order valence-electron chi connectivity index (χ0n) is 27.5. The van der Waals surface area contributed by atoms with Crippen LogP contribution in [0.3, 0.4) is 0 Å². The maximum atomic E-state index is 13.0. The number of rotatable bonds is 6. The van der Waals surface area contributed by atoms with E-state index in [0.717, 1.165) is 24.9 Å². The third-order valence-electron chi connectivity index (χ3n) is 8.63. The lowest BCUT2D eigenvalue weighted by Gasteiger charge is -2.31. The molecule has 3 aromatic heterocycles. The topological polar surface area (TPSA) is 128 Å². The first-order valence-corrected chi connectivity index (χ1v) is 17.4. The van der Waals surface area contributed by atoms with Gasteiger partial charge in [-0.05, 0) is 97.1 Å². The molecule has 2 aliphatic rings. The van der Waals surface area contributed by atoms with Crippen LogP contribution in [0.4, 0.5) is 13.2 Å². The zero-order valence-corrected chi connectivity index (χ0v) is 28.3. The Labute approximate surface area is 299 Å². The van der Waals surface area contributed by atoms with E-state index in [4.69, 9.17) is 13.8 Å². The predicted molar refractivity (Wildman–Crippen MR) is 183 cm³/mol. The van der Waals surface area contributed by atoms with Crippen molar-refractivity contribution in [1.82, 2.24) is 30.1 Å². The van der Waals surface area contributed by atoms with Crippen LogP contribution in [0.2, 0.25) is 0 Å². The lowest BCUT2D eigenvalue weighted by molar-refractivity contribution is -0.0367. The molecule has 0 N–H and O–H groups in total. The van der Waals surface area contributed by atoms with Crippen molar-refractivity contribution in [3.05, 3.63) is 130 Å². The van der Waals surface area contributed by atoms with E-state index in [1.165, 1.54) is 59.9 Å². The normalized spacial score (nSPS) is 17.4. The van der Waals surface area contributed by atoms with Gasteiger partial charge < -0.3 is 23.6 Å². The van der Waals surface area contributed by atoms with Crippen molar-refractivity contribution in [3.63, 3.8) is 0 Å². The van der Waals surface area contributed by atoms with Gasteiger partial charge in [0, 0.05) is 41.7 Å². The van der Waals surface area contributed by atoms with Crippen LogP contribution < -0.4 is 0 Å². The Balaban J connectivity index is 0.000000162. The average Bonchev–Trinajstić information content (AvgIpc) is 3.99. The fourth-order valence-electron chi connectivity index (χ4n) is 5.89. The first-order chi connectivity index (χ1) is 25.3. The molecule has 1 unspecified atom stereocenters.